The number of benzene rings is 2. The molecule has 1 aliphatic heterocycles. The summed E-state index contributed by atoms with van der Waals surface area (Å²) in [6.45, 7) is 3.31. The molecule has 0 radical (unpaired) electrons. The Bertz CT molecular complexity index is 655. The minimum atomic E-state index is 0.242. The number of hydrogen-bond acceptors (Lipinski definition) is 3. The molecule has 1 fully saturated rings. The molecule has 1 aliphatic rings. The van der Waals surface area contributed by atoms with Crippen molar-refractivity contribution in [3.8, 4) is 0 Å². The summed E-state index contributed by atoms with van der Waals surface area (Å²) in [7, 11) is 0. The van der Waals surface area contributed by atoms with E-state index in [0.29, 0.717) is 5.75 Å². The van der Waals surface area contributed by atoms with E-state index < -0.39 is 0 Å². The first-order valence-electron chi connectivity index (χ1n) is 8.12. The van der Waals surface area contributed by atoms with E-state index >= 15 is 0 Å². The van der Waals surface area contributed by atoms with E-state index in [-0.39, 0.29) is 5.91 Å². The van der Waals surface area contributed by atoms with Gasteiger partial charge in [0.2, 0.25) is 5.91 Å². The first kappa shape index (κ1) is 17.2. The highest BCUT2D eigenvalue weighted by Crippen LogP contribution is 2.20. The number of piperazine rings is 1. The average Bonchev–Trinajstić information content (AvgIpc) is 2.63. The summed E-state index contributed by atoms with van der Waals surface area (Å²) in [4.78, 5) is 16.6. The van der Waals surface area contributed by atoms with Crippen molar-refractivity contribution in [2.45, 2.75) is 5.75 Å². The third kappa shape index (κ3) is 4.68. The molecule has 0 saturated carbocycles. The van der Waals surface area contributed by atoms with Crippen LogP contribution in [-0.4, -0.2) is 42.7 Å². The third-order valence-electron chi connectivity index (χ3n) is 4.16. The molecule has 5 heteroatoms. The van der Waals surface area contributed by atoms with Gasteiger partial charge in [0.15, 0.2) is 0 Å². The van der Waals surface area contributed by atoms with Crippen molar-refractivity contribution in [3.05, 3.63) is 65.2 Å². The lowest BCUT2D eigenvalue weighted by molar-refractivity contribution is -0.128. The number of rotatable bonds is 5. The van der Waals surface area contributed by atoms with E-state index in [0.717, 1.165) is 37.0 Å². The van der Waals surface area contributed by atoms with Gasteiger partial charge in [0.1, 0.15) is 0 Å². The fraction of sp³-hybridized carbons (Fsp3) is 0.316. The van der Waals surface area contributed by atoms with Crippen LogP contribution >= 0.6 is 23.4 Å². The Hall–Kier alpha value is -1.65. The molecule has 0 aliphatic carbocycles. The highest BCUT2D eigenvalue weighted by atomic mass is 35.5. The monoisotopic (exact) mass is 360 g/mol. The molecule has 24 heavy (non-hydrogen) atoms. The molecule has 1 heterocycles. The largest absolute Gasteiger partial charge is 0.368 e. The van der Waals surface area contributed by atoms with Crippen molar-refractivity contribution >= 4 is 35.0 Å². The molecule has 0 spiro atoms. The summed E-state index contributed by atoms with van der Waals surface area (Å²) < 4.78 is 0. The van der Waals surface area contributed by atoms with Crippen LogP contribution in [0.25, 0.3) is 0 Å². The first-order valence-corrected chi connectivity index (χ1v) is 9.65. The average molecular weight is 361 g/mol. The molecule has 2 aromatic rings. The van der Waals surface area contributed by atoms with Gasteiger partial charge in [-0.05, 0) is 29.8 Å². The molecule has 126 valence electrons. The molecule has 0 N–H and O–H groups in total. The number of halogens is 1. The van der Waals surface area contributed by atoms with Gasteiger partial charge in [-0.25, -0.2) is 0 Å². The number of anilines is 1. The van der Waals surface area contributed by atoms with Crippen LogP contribution in [-0.2, 0) is 10.5 Å². The van der Waals surface area contributed by atoms with E-state index in [4.69, 9.17) is 11.6 Å². The van der Waals surface area contributed by atoms with E-state index in [1.165, 1.54) is 11.3 Å². The second-order valence-corrected chi connectivity index (χ2v) is 7.24. The number of hydrogen-bond donors (Lipinski definition) is 0. The predicted molar refractivity (Wildman–Crippen MR) is 103 cm³/mol. The maximum absolute atomic E-state index is 12.3. The van der Waals surface area contributed by atoms with E-state index in [1.807, 2.05) is 47.4 Å². The number of thioether (sulfide) groups is 1. The SMILES string of the molecule is O=C(CSCc1ccccc1)N1CCN(c2ccc(Cl)cc2)CC1. The van der Waals surface area contributed by atoms with E-state index in [9.17, 15) is 4.79 Å². The van der Waals surface area contributed by atoms with Crippen molar-refractivity contribution in [1.29, 1.82) is 0 Å². The van der Waals surface area contributed by atoms with Crippen LogP contribution in [0.3, 0.4) is 0 Å². The Labute approximate surface area is 152 Å². The summed E-state index contributed by atoms with van der Waals surface area (Å²) in [6, 6.07) is 18.2. The Balaban J connectivity index is 1.42. The molecule has 3 rings (SSSR count). The second kappa shape index (κ2) is 8.45. The van der Waals surface area contributed by atoms with Crippen LogP contribution in [0.5, 0.6) is 0 Å². The van der Waals surface area contributed by atoms with Crippen LogP contribution in [0.2, 0.25) is 5.02 Å². The highest BCUT2D eigenvalue weighted by molar-refractivity contribution is 7.99. The normalized spacial score (nSPS) is 14.7. The molecule has 0 bridgehead atoms. The second-order valence-electron chi connectivity index (χ2n) is 5.82. The van der Waals surface area contributed by atoms with Crippen LogP contribution in [0.1, 0.15) is 5.56 Å². The van der Waals surface area contributed by atoms with Gasteiger partial charge in [0, 0.05) is 42.6 Å². The topological polar surface area (TPSA) is 23.6 Å². The number of nitrogens with zero attached hydrogens (tertiary/aromatic N) is 2. The molecule has 0 aromatic heterocycles. The molecular weight excluding hydrogens is 340 g/mol. The summed E-state index contributed by atoms with van der Waals surface area (Å²) in [5, 5.41) is 0.753. The van der Waals surface area contributed by atoms with E-state index in [1.54, 1.807) is 11.8 Å². The Kier molecular flexibility index (Phi) is 6.05. The summed E-state index contributed by atoms with van der Waals surface area (Å²) in [5.74, 6) is 1.68. The summed E-state index contributed by atoms with van der Waals surface area (Å²) in [6.07, 6.45) is 0. The van der Waals surface area contributed by atoms with Gasteiger partial charge in [-0.2, -0.15) is 0 Å². The van der Waals surface area contributed by atoms with Crippen LogP contribution in [0.15, 0.2) is 54.6 Å². The number of amides is 1. The molecule has 2 aromatic carbocycles. The van der Waals surface area contributed by atoms with Crippen molar-refractivity contribution in [2.75, 3.05) is 36.8 Å². The van der Waals surface area contributed by atoms with Crippen molar-refractivity contribution in [3.63, 3.8) is 0 Å². The van der Waals surface area contributed by atoms with Gasteiger partial charge < -0.3 is 9.80 Å². The highest BCUT2D eigenvalue weighted by Gasteiger charge is 2.21. The zero-order chi connectivity index (χ0) is 16.8. The molecule has 1 amide bonds. The fourth-order valence-electron chi connectivity index (χ4n) is 2.79. The van der Waals surface area contributed by atoms with Gasteiger partial charge in [-0.3, -0.25) is 4.79 Å². The standard InChI is InChI=1S/C19H21ClN2OS/c20-17-6-8-18(9-7-17)21-10-12-22(13-11-21)19(23)15-24-14-16-4-2-1-3-5-16/h1-9H,10-15H2. The molecule has 0 unspecified atom stereocenters. The lowest BCUT2D eigenvalue weighted by Crippen LogP contribution is -2.49. The fourth-order valence-corrected chi connectivity index (χ4v) is 3.80. The van der Waals surface area contributed by atoms with Gasteiger partial charge >= 0.3 is 0 Å². The smallest absolute Gasteiger partial charge is 0.232 e. The lowest BCUT2D eigenvalue weighted by Gasteiger charge is -2.36. The number of carbonyl (C=O) groups is 1. The van der Waals surface area contributed by atoms with Crippen molar-refractivity contribution in [2.24, 2.45) is 0 Å². The van der Waals surface area contributed by atoms with Gasteiger partial charge in [-0.15, -0.1) is 11.8 Å². The van der Waals surface area contributed by atoms with Gasteiger partial charge in [-0.1, -0.05) is 41.9 Å². The zero-order valence-corrected chi connectivity index (χ0v) is 15.1. The van der Waals surface area contributed by atoms with Gasteiger partial charge in [0.25, 0.3) is 0 Å². The quantitative estimate of drug-likeness (QED) is 0.807. The Morgan fingerprint density at radius 2 is 1.62 bits per heavy atom. The molecule has 1 saturated heterocycles. The van der Waals surface area contributed by atoms with E-state index in [2.05, 4.69) is 17.0 Å². The maximum Gasteiger partial charge on any atom is 0.232 e. The predicted octanol–water partition coefficient (Wildman–Crippen LogP) is 3.92. The Morgan fingerprint density at radius 1 is 0.958 bits per heavy atom. The minimum absolute atomic E-state index is 0.242. The van der Waals surface area contributed by atoms with Crippen LogP contribution in [0, 0.1) is 0 Å². The van der Waals surface area contributed by atoms with Gasteiger partial charge in [0.05, 0.1) is 5.75 Å². The Morgan fingerprint density at radius 3 is 2.29 bits per heavy atom. The van der Waals surface area contributed by atoms with Crippen molar-refractivity contribution < 1.29 is 4.79 Å². The molecule has 0 atom stereocenters. The maximum atomic E-state index is 12.3. The van der Waals surface area contributed by atoms with Crippen LogP contribution < -0.4 is 4.90 Å². The minimum Gasteiger partial charge on any atom is -0.368 e. The molecular formula is C19H21ClN2OS. The van der Waals surface area contributed by atoms with Crippen LogP contribution in [0.4, 0.5) is 5.69 Å². The first-order chi connectivity index (χ1) is 11.7. The lowest BCUT2D eigenvalue weighted by atomic mass is 10.2. The molecule has 3 nitrogen and oxygen atoms in total. The third-order valence-corrected chi connectivity index (χ3v) is 5.40. The summed E-state index contributed by atoms with van der Waals surface area (Å²) >= 11 is 7.62. The van der Waals surface area contributed by atoms with Crippen molar-refractivity contribution in [1.82, 2.24) is 4.90 Å². The summed E-state index contributed by atoms with van der Waals surface area (Å²) in [5.41, 5.74) is 2.44. The zero-order valence-electron chi connectivity index (χ0n) is 13.5. The number of carbonyl (C=O) groups excluding carboxylic acids is 1.